The molecule has 0 fully saturated rings. The van der Waals surface area contributed by atoms with Crippen molar-refractivity contribution in [3.05, 3.63) is 58.7 Å². The predicted molar refractivity (Wildman–Crippen MR) is 131 cm³/mol. The molecule has 0 aliphatic rings. The number of esters is 1. The lowest BCUT2D eigenvalue weighted by atomic mass is 10.2. The summed E-state index contributed by atoms with van der Waals surface area (Å²) in [5.74, 6) is -2.07. The van der Waals surface area contributed by atoms with Gasteiger partial charge in [-0.1, -0.05) is 11.3 Å². The number of aryl methyl sites for hydroxylation is 1. The van der Waals surface area contributed by atoms with Crippen molar-refractivity contribution >= 4 is 40.0 Å². The molecule has 0 bridgehead atoms. The normalized spacial score (nSPS) is 11.1. The highest BCUT2D eigenvalue weighted by Crippen LogP contribution is 2.26. The molecule has 15 heteroatoms. The Morgan fingerprint density at radius 3 is 2.59 bits per heavy atom. The van der Waals surface area contributed by atoms with E-state index in [1.807, 2.05) is 6.92 Å². The van der Waals surface area contributed by atoms with Crippen molar-refractivity contribution in [1.82, 2.24) is 29.9 Å². The molecule has 0 saturated carbocycles. The van der Waals surface area contributed by atoms with Crippen LogP contribution in [0.25, 0.3) is 5.13 Å². The number of carbonyl (C=O) groups is 2. The van der Waals surface area contributed by atoms with Crippen LogP contribution in [0, 0.1) is 6.92 Å². The van der Waals surface area contributed by atoms with E-state index in [2.05, 4.69) is 35.9 Å². The predicted octanol–water partition coefficient (Wildman–Crippen LogP) is 2.49. The van der Waals surface area contributed by atoms with E-state index < -0.39 is 29.7 Å². The van der Waals surface area contributed by atoms with Gasteiger partial charge in [0.2, 0.25) is 22.0 Å². The van der Waals surface area contributed by atoms with Crippen molar-refractivity contribution in [3.63, 3.8) is 0 Å². The second-order valence-corrected chi connectivity index (χ2v) is 9.40. The third-order valence-corrected chi connectivity index (χ3v) is 5.16. The highest BCUT2D eigenvalue weighted by atomic mass is 32.1. The van der Waals surface area contributed by atoms with E-state index in [1.54, 1.807) is 43.8 Å². The number of nitrogens with zero attached hydrogens (tertiary/aromatic N) is 6. The van der Waals surface area contributed by atoms with E-state index in [9.17, 15) is 14.4 Å². The van der Waals surface area contributed by atoms with Gasteiger partial charge in [-0.2, -0.15) is 5.10 Å². The van der Waals surface area contributed by atoms with E-state index in [-0.39, 0.29) is 28.3 Å². The van der Waals surface area contributed by atoms with Crippen molar-refractivity contribution in [3.8, 4) is 10.9 Å². The summed E-state index contributed by atoms with van der Waals surface area (Å²) >= 11 is 1.07. The summed E-state index contributed by atoms with van der Waals surface area (Å²) in [5.41, 5.74) is -0.922. The zero-order chi connectivity index (χ0) is 26.6. The third kappa shape index (κ3) is 6.52. The molecule has 4 heterocycles. The van der Waals surface area contributed by atoms with E-state index in [4.69, 9.17) is 13.9 Å². The van der Waals surface area contributed by atoms with Gasteiger partial charge in [0.05, 0.1) is 5.69 Å². The number of hydrogen-bond donors (Lipinski definition) is 2. The van der Waals surface area contributed by atoms with Gasteiger partial charge in [0, 0.05) is 30.4 Å². The smallest absolute Gasteiger partial charge is 0.381 e. The first-order chi connectivity index (χ1) is 17.6. The Bertz CT molecular complexity index is 1470. The number of hydrogen-bond acceptors (Lipinski definition) is 13. The van der Waals surface area contributed by atoms with Crippen LogP contribution in [-0.2, 0) is 9.53 Å². The fourth-order valence-electron chi connectivity index (χ4n) is 2.89. The average Bonchev–Trinajstić information content (AvgIpc) is 3.46. The minimum Gasteiger partial charge on any atom is -0.473 e. The van der Waals surface area contributed by atoms with Gasteiger partial charge in [-0.05, 0) is 39.8 Å². The lowest BCUT2D eigenvalue weighted by Crippen LogP contribution is -2.28. The van der Waals surface area contributed by atoms with Crippen molar-refractivity contribution in [2.45, 2.75) is 33.3 Å². The molecule has 0 aliphatic heterocycles. The number of rotatable bonds is 8. The quantitative estimate of drug-likeness (QED) is 0.321. The zero-order valence-electron chi connectivity index (χ0n) is 20.2. The van der Waals surface area contributed by atoms with E-state index in [0.29, 0.717) is 5.13 Å². The van der Waals surface area contributed by atoms with Crippen LogP contribution in [0.1, 0.15) is 37.0 Å². The van der Waals surface area contributed by atoms with Gasteiger partial charge >= 0.3 is 11.6 Å². The van der Waals surface area contributed by atoms with Gasteiger partial charge in [-0.25, -0.2) is 24.2 Å². The number of amides is 1. The Hall–Kier alpha value is -4.66. The zero-order valence-corrected chi connectivity index (χ0v) is 21.0. The van der Waals surface area contributed by atoms with Gasteiger partial charge in [-0.15, -0.1) is 10.2 Å². The van der Waals surface area contributed by atoms with Crippen molar-refractivity contribution < 1.29 is 23.5 Å². The molecule has 0 aromatic carbocycles. The summed E-state index contributed by atoms with van der Waals surface area (Å²) in [6.45, 7) is 6.37. The van der Waals surface area contributed by atoms with Gasteiger partial charge in [0.1, 0.15) is 5.60 Å². The molecule has 14 nitrogen and oxygen atoms in total. The lowest BCUT2D eigenvalue weighted by molar-refractivity contribution is -0.157. The van der Waals surface area contributed by atoms with Gasteiger partial charge in [0.25, 0.3) is 5.91 Å². The number of nitrogens with one attached hydrogen (secondary N) is 2. The van der Waals surface area contributed by atoms with Crippen LogP contribution in [0.15, 0.2) is 46.0 Å². The minimum atomic E-state index is -1.01. The number of carbonyl (C=O) groups excluding carboxylic acids is 2. The maximum atomic E-state index is 12.9. The lowest BCUT2D eigenvalue weighted by Gasteiger charge is -2.19. The molecule has 0 saturated heterocycles. The molecule has 0 unspecified atom stereocenters. The first-order valence-corrected chi connectivity index (χ1v) is 11.6. The largest absolute Gasteiger partial charge is 0.473 e. The summed E-state index contributed by atoms with van der Waals surface area (Å²) in [4.78, 5) is 45.8. The third-order valence-electron chi connectivity index (χ3n) is 4.35. The highest BCUT2D eigenvalue weighted by molar-refractivity contribution is 7.17. The van der Waals surface area contributed by atoms with Gasteiger partial charge in [-0.3, -0.25) is 10.1 Å². The maximum Gasteiger partial charge on any atom is 0.381 e. The number of ether oxygens (including phenoxy) is 2. The van der Waals surface area contributed by atoms with Crippen LogP contribution in [0.2, 0.25) is 0 Å². The van der Waals surface area contributed by atoms with Crippen LogP contribution in [-0.4, -0.2) is 54.0 Å². The molecule has 0 spiro atoms. The van der Waals surface area contributed by atoms with Crippen LogP contribution < -0.4 is 21.0 Å². The second kappa shape index (κ2) is 10.5. The van der Waals surface area contributed by atoms with Crippen LogP contribution >= 0.6 is 11.3 Å². The molecule has 4 rings (SSSR count). The maximum absolute atomic E-state index is 12.9. The summed E-state index contributed by atoms with van der Waals surface area (Å²) in [6.07, 6.45) is 4.56. The molecule has 4 aromatic heterocycles. The molecule has 37 heavy (non-hydrogen) atoms. The SMILES string of the molecule is Cc1ccnn1-c1nnc(NC(=O)c2cc(Nc3ncccn3)c(OCC(=O)OC(C)(C)C)c(=O)o2)s1. The van der Waals surface area contributed by atoms with E-state index in [1.165, 1.54) is 18.5 Å². The standard InChI is InChI=1S/C22H22N8O6S/c1-12-6-9-25-30(12)21-29-28-20(37-21)27-17(32)14-10-13(26-19-23-7-5-8-24-19)16(18(33)35-14)34-11-15(31)36-22(2,3)4/h5-10H,11H2,1-4H3,(H,23,24,26)(H,27,28,32). The summed E-state index contributed by atoms with van der Waals surface area (Å²) < 4.78 is 17.3. The van der Waals surface area contributed by atoms with Crippen LogP contribution in [0.4, 0.5) is 16.8 Å². The van der Waals surface area contributed by atoms with Crippen molar-refractivity contribution in [2.24, 2.45) is 0 Å². The Balaban J connectivity index is 1.58. The second-order valence-electron chi connectivity index (χ2n) is 8.44. The minimum absolute atomic E-state index is 0.00118. The number of anilines is 3. The topological polar surface area (TPSA) is 176 Å². The first-order valence-electron chi connectivity index (χ1n) is 10.8. The first kappa shape index (κ1) is 25.4. The van der Waals surface area contributed by atoms with Crippen LogP contribution in [0.3, 0.4) is 0 Å². The van der Waals surface area contributed by atoms with Crippen molar-refractivity contribution in [1.29, 1.82) is 0 Å². The number of aromatic nitrogens is 6. The molecular weight excluding hydrogens is 504 g/mol. The van der Waals surface area contributed by atoms with Gasteiger partial charge < -0.3 is 19.2 Å². The average molecular weight is 527 g/mol. The van der Waals surface area contributed by atoms with Gasteiger partial charge in [0.15, 0.2) is 12.4 Å². The summed E-state index contributed by atoms with van der Waals surface area (Å²) in [6, 6.07) is 4.62. The Morgan fingerprint density at radius 1 is 1.16 bits per heavy atom. The molecule has 0 radical (unpaired) electrons. The molecule has 192 valence electrons. The monoisotopic (exact) mass is 526 g/mol. The Labute approximate surface area is 213 Å². The fourth-order valence-corrected chi connectivity index (χ4v) is 3.65. The van der Waals surface area contributed by atoms with E-state index >= 15 is 0 Å². The highest BCUT2D eigenvalue weighted by Gasteiger charge is 2.23. The molecular formula is C22H22N8O6S. The Kier molecular flexibility index (Phi) is 7.24. The molecule has 1 amide bonds. The molecule has 0 atom stereocenters. The molecule has 0 aliphatic carbocycles. The summed E-state index contributed by atoms with van der Waals surface area (Å²) in [5, 5.41) is 18.0. The van der Waals surface area contributed by atoms with Crippen molar-refractivity contribution in [2.75, 3.05) is 17.2 Å². The molecule has 4 aromatic rings. The molecule has 2 N–H and O–H groups in total. The van der Waals surface area contributed by atoms with Crippen LogP contribution in [0.5, 0.6) is 5.75 Å². The van der Waals surface area contributed by atoms with E-state index in [0.717, 1.165) is 17.0 Å². The summed E-state index contributed by atoms with van der Waals surface area (Å²) in [7, 11) is 0. The fraction of sp³-hybridized carbons (Fsp3) is 0.273. The Morgan fingerprint density at radius 2 is 1.92 bits per heavy atom.